The van der Waals surface area contributed by atoms with Crippen molar-refractivity contribution >= 4 is 64.2 Å². The van der Waals surface area contributed by atoms with E-state index in [0.717, 1.165) is 11.1 Å². The predicted octanol–water partition coefficient (Wildman–Crippen LogP) is 14.4. The van der Waals surface area contributed by atoms with E-state index in [2.05, 4.69) is 178 Å². The molecule has 2 atom stereocenters. The normalized spacial score (nSPS) is 17.2. The van der Waals surface area contributed by atoms with Gasteiger partial charge in [0.15, 0.2) is 0 Å². The second-order valence-electron chi connectivity index (χ2n) is 15.0. The monoisotopic (exact) mass is 682 g/mol. The fourth-order valence-electron chi connectivity index (χ4n) is 9.19. The van der Waals surface area contributed by atoms with E-state index in [1.54, 1.807) is 0 Å². The van der Waals surface area contributed by atoms with Gasteiger partial charge in [0.1, 0.15) is 0 Å². The maximum Gasteiger partial charge on any atom is 0.0358 e. The van der Waals surface area contributed by atoms with Gasteiger partial charge in [0.25, 0.3) is 0 Å². The van der Waals surface area contributed by atoms with Crippen LogP contribution in [0.15, 0.2) is 171 Å². The summed E-state index contributed by atoms with van der Waals surface area (Å²) in [5.74, 6) is 0.197. The molecule has 1 heterocycles. The highest BCUT2D eigenvalue weighted by molar-refractivity contribution is 7.25. The molecule has 0 fully saturated rings. The molecule has 52 heavy (non-hydrogen) atoms. The minimum absolute atomic E-state index is 0.0818. The van der Waals surface area contributed by atoms with Crippen LogP contribution in [0.2, 0.25) is 0 Å². The van der Waals surface area contributed by atoms with Crippen LogP contribution in [-0.4, -0.2) is 0 Å². The maximum atomic E-state index is 4.88. The number of hydrogen-bond acceptors (Lipinski definition) is 1. The number of rotatable bonds is 5. The largest absolute Gasteiger partial charge is 0.135 e. The lowest BCUT2D eigenvalue weighted by Gasteiger charge is -2.30. The summed E-state index contributed by atoms with van der Waals surface area (Å²) in [6, 6.07) is 49.5. The molecule has 1 heteroatoms. The molecule has 2 aliphatic rings. The standard InChI is InChI=1S/C51H38S/c1-31(33-16-6-5-7-17-33)35-18-8-9-19-36(35)32(2)49-38-21-10-12-23-40(38)50(41-24-13-11-22-39(41)49)34-26-27-45-42(28-34)43-29-44-37-20-14-15-25-47(37)52-48(44)30-46(43)51(45,3)4/h5-30,35-36H,1-2H2,3-4H3. The number of thiophene rings is 1. The first-order chi connectivity index (χ1) is 25.4. The van der Waals surface area contributed by atoms with E-state index in [4.69, 9.17) is 6.58 Å². The summed E-state index contributed by atoms with van der Waals surface area (Å²) in [5, 5.41) is 7.68. The van der Waals surface area contributed by atoms with E-state index in [1.165, 1.54) is 86.2 Å². The molecule has 0 spiro atoms. The average Bonchev–Trinajstić information content (AvgIpc) is 3.66. The maximum absolute atomic E-state index is 4.88. The number of allylic oxidation sites excluding steroid dienone is 6. The summed E-state index contributed by atoms with van der Waals surface area (Å²) in [4.78, 5) is 0. The summed E-state index contributed by atoms with van der Waals surface area (Å²) in [6.07, 6.45) is 8.92. The van der Waals surface area contributed by atoms with Crippen molar-refractivity contribution in [3.63, 3.8) is 0 Å². The number of fused-ring (bicyclic) bond motifs is 8. The highest BCUT2D eigenvalue weighted by Crippen LogP contribution is 2.53. The van der Waals surface area contributed by atoms with E-state index in [0.29, 0.717) is 0 Å². The first-order valence-corrected chi connectivity index (χ1v) is 19.0. The minimum atomic E-state index is -0.0818. The van der Waals surface area contributed by atoms with Crippen molar-refractivity contribution < 1.29 is 0 Å². The highest BCUT2D eigenvalue weighted by Gasteiger charge is 2.36. The van der Waals surface area contributed by atoms with Gasteiger partial charge in [-0.3, -0.25) is 0 Å². The first kappa shape index (κ1) is 31.0. The lowest BCUT2D eigenvalue weighted by atomic mass is 9.73. The summed E-state index contributed by atoms with van der Waals surface area (Å²) in [5.41, 5.74) is 12.6. The Labute approximate surface area is 309 Å². The van der Waals surface area contributed by atoms with Gasteiger partial charge >= 0.3 is 0 Å². The molecule has 1 aromatic heterocycles. The molecule has 0 bridgehead atoms. The second kappa shape index (κ2) is 11.6. The zero-order valence-corrected chi connectivity index (χ0v) is 30.3. The van der Waals surface area contributed by atoms with Crippen LogP contribution in [0.1, 0.15) is 36.1 Å². The van der Waals surface area contributed by atoms with Gasteiger partial charge in [0.2, 0.25) is 0 Å². The van der Waals surface area contributed by atoms with Gasteiger partial charge in [-0.2, -0.15) is 0 Å². The fraction of sp³-hybridized carbons (Fsp3) is 0.0980. The van der Waals surface area contributed by atoms with Crippen molar-refractivity contribution in [1.29, 1.82) is 0 Å². The molecule has 0 saturated heterocycles. The van der Waals surface area contributed by atoms with Gasteiger partial charge in [-0.05, 0) is 101 Å². The Bertz CT molecular complexity index is 2800. The third kappa shape index (κ3) is 4.52. The van der Waals surface area contributed by atoms with Crippen LogP contribution in [0, 0.1) is 11.8 Å². The van der Waals surface area contributed by atoms with Crippen molar-refractivity contribution in [1.82, 2.24) is 0 Å². The van der Waals surface area contributed by atoms with Gasteiger partial charge in [0, 0.05) is 37.4 Å². The van der Waals surface area contributed by atoms with Gasteiger partial charge in [-0.25, -0.2) is 0 Å². The molecule has 7 aromatic carbocycles. The molecule has 10 rings (SSSR count). The molecule has 0 aliphatic heterocycles. The molecule has 2 aliphatic carbocycles. The summed E-state index contributed by atoms with van der Waals surface area (Å²) in [6.45, 7) is 14.3. The lowest BCUT2D eigenvalue weighted by molar-refractivity contribution is 0.661. The first-order valence-electron chi connectivity index (χ1n) is 18.2. The Kier molecular flexibility index (Phi) is 6.94. The third-order valence-electron chi connectivity index (χ3n) is 11.8. The smallest absolute Gasteiger partial charge is 0.0358 e. The Balaban J connectivity index is 1.16. The van der Waals surface area contributed by atoms with Crippen LogP contribution in [0.3, 0.4) is 0 Å². The molecule has 248 valence electrons. The van der Waals surface area contributed by atoms with Crippen LogP contribution < -0.4 is 0 Å². The van der Waals surface area contributed by atoms with Gasteiger partial charge in [0.05, 0.1) is 0 Å². The minimum Gasteiger partial charge on any atom is -0.135 e. The third-order valence-corrected chi connectivity index (χ3v) is 12.9. The number of benzene rings is 7. The van der Waals surface area contributed by atoms with E-state index in [-0.39, 0.29) is 17.3 Å². The Morgan fingerprint density at radius 1 is 0.519 bits per heavy atom. The molecule has 8 aromatic rings. The van der Waals surface area contributed by atoms with E-state index >= 15 is 0 Å². The number of hydrogen-bond donors (Lipinski definition) is 0. The van der Waals surface area contributed by atoms with E-state index in [1.807, 2.05) is 11.3 Å². The predicted molar refractivity (Wildman–Crippen MR) is 227 cm³/mol. The summed E-state index contributed by atoms with van der Waals surface area (Å²) < 4.78 is 2.72. The second-order valence-corrected chi connectivity index (χ2v) is 16.0. The van der Waals surface area contributed by atoms with E-state index in [9.17, 15) is 0 Å². The molecule has 0 amide bonds. The fourth-order valence-corrected chi connectivity index (χ4v) is 10.3. The van der Waals surface area contributed by atoms with Crippen LogP contribution in [0.5, 0.6) is 0 Å². The van der Waals surface area contributed by atoms with Gasteiger partial charge in [-0.1, -0.05) is 161 Å². The van der Waals surface area contributed by atoms with Crippen LogP contribution in [0.4, 0.5) is 0 Å². The zero-order chi connectivity index (χ0) is 35.1. The van der Waals surface area contributed by atoms with Crippen LogP contribution in [0.25, 0.3) is 75.1 Å². The summed E-state index contributed by atoms with van der Waals surface area (Å²) >= 11 is 1.90. The average molecular weight is 683 g/mol. The SMILES string of the molecule is C=C(c1ccccc1)C1C=CC=CC1C(=C)c1c2ccccc2c(-c2ccc3c(c2)-c2cc4c(cc2C3(C)C)sc2ccccc24)c2ccccc12. The Hall–Kier alpha value is -5.76. The molecule has 0 N–H and O–H groups in total. The molecule has 0 radical (unpaired) electrons. The van der Waals surface area contributed by atoms with Crippen LogP contribution in [-0.2, 0) is 5.41 Å². The highest BCUT2D eigenvalue weighted by atomic mass is 32.1. The van der Waals surface area contributed by atoms with Crippen LogP contribution >= 0.6 is 11.3 Å². The van der Waals surface area contributed by atoms with Crippen molar-refractivity contribution in [2.75, 3.05) is 0 Å². The molecule has 0 saturated carbocycles. The molecular formula is C51H38S. The Morgan fingerprint density at radius 2 is 1.10 bits per heavy atom. The quantitative estimate of drug-likeness (QED) is 0.159. The van der Waals surface area contributed by atoms with Crippen molar-refractivity contribution in [3.05, 3.63) is 193 Å². The van der Waals surface area contributed by atoms with Crippen molar-refractivity contribution in [2.24, 2.45) is 11.8 Å². The van der Waals surface area contributed by atoms with Gasteiger partial charge < -0.3 is 0 Å². The lowest BCUT2D eigenvalue weighted by Crippen LogP contribution is -2.16. The molecule has 0 nitrogen and oxygen atoms in total. The Morgan fingerprint density at radius 3 is 1.79 bits per heavy atom. The molecule has 2 unspecified atom stereocenters. The van der Waals surface area contributed by atoms with Crippen molar-refractivity contribution in [3.8, 4) is 22.3 Å². The van der Waals surface area contributed by atoms with Gasteiger partial charge in [-0.15, -0.1) is 11.3 Å². The zero-order valence-electron chi connectivity index (χ0n) is 29.5. The van der Waals surface area contributed by atoms with E-state index < -0.39 is 0 Å². The van der Waals surface area contributed by atoms with Crippen molar-refractivity contribution in [2.45, 2.75) is 19.3 Å². The summed E-state index contributed by atoms with van der Waals surface area (Å²) in [7, 11) is 0. The molecular weight excluding hydrogens is 645 g/mol. The topological polar surface area (TPSA) is 0 Å².